The van der Waals surface area contributed by atoms with Crippen LogP contribution in [0.15, 0.2) is 29.3 Å². The van der Waals surface area contributed by atoms with E-state index in [2.05, 4.69) is 11.1 Å². The van der Waals surface area contributed by atoms with Gasteiger partial charge in [-0.3, -0.25) is 4.99 Å². The van der Waals surface area contributed by atoms with Crippen LogP contribution >= 0.6 is 0 Å². The molecular formula is C8H11NO. The summed E-state index contributed by atoms with van der Waals surface area (Å²) in [5, 5.41) is 0. The van der Waals surface area contributed by atoms with Crippen molar-refractivity contribution >= 4 is 5.71 Å². The molecule has 0 bridgehead atoms. The summed E-state index contributed by atoms with van der Waals surface area (Å²) in [6.45, 7) is 0.466. The second-order valence-corrected chi connectivity index (χ2v) is 2.06. The van der Waals surface area contributed by atoms with E-state index in [1.807, 2.05) is 18.2 Å². The van der Waals surface area contributed by atoms with Crippen molar-refractivity contribution in [2.24, 2.45) is 4.99 Å². The van der Waals surface area contributed by atoms with Gasteiger partial charge in [-0.1, -0.05) is 18.2 Å². The average molecular weight is 137 g/mol. The Hall–Kier alpha value is -0.890. The van der Waals surface area contributed by atoms with Crippen molar-refractivity contribution in [3.05, 3.63) is 24.3 Å². The molecule has 0 N–H and O–H groups in total. The molecule has 0 fully saturated rings. The van der Waals surface area contributed by atoms with Crippen LogP contribution in [-0.4, -0.2) is 19.6 Å². The van der Waals surface area contributed by atoms with E-state index in [1.165, 1.54) is 0 Å². The summed E-state index contributed by atoms with van der Waals surface area (Å²) in [7, 11) is 1.65. The maximum atomic E-state index is 4.80. The predicted octanol–water partition coefficient (Wildman–Crippen LogP) is 1.55. The largest absolute Gasteiger partial charge is 0.363 e. The Labute approximate surface area is 60.9 Å². The van der Waals surface area contributed by atoms with Gasteiger partial charge < -0.3 is 4.74 Å². The Bertz CT molecular complexity index is 180. The fourth-order valence-electron chi connectivity index (χ4n) is 0.767. The second-order valence-electron chi connectivity index (χ2n) is 2.06. The SMILES string of the molecule is COCN=C1C=CC=CC1. The van der Waals surface area contributed by atoms with Gasteiger partial charge in [0.15, 0.2) is 0 Å². The number of hydrogen-bond donors (Lipinski definition) is 0. The maximum absolute atomic E-state index is 4.80. The molecule has 1 aliphatic rings. The fourth-order valence-corrected chi connectivity index (χ4v) is 0.767. The van der Waals surface area contributed by atoms with Crippen LogP contribution in [0.25, 0.3) is 0 Å². The lowest BCUT2D eigenvalue weighted by Gasteiger charge is -1.99. The molecule has 1 aliphatic carbocycles. The average Bonchev–Trinajstić information content (AvgIpc) is 2.03. The number of methoxy groups -OCH3 is 1. The van der Waals surface area contributed by atoms with Crippen LogP contribution in [0.1, 0.15) is 6.42 Å². The number of aliphatic imine (C=N–C) groups is 1. The zero-order valence-corrected chi connectivity index (χ0v) is 6.08. The van der Waals surface area contributed by atoms with Crippen LogP contribution in [0, 0.1) is 0 Å². The summed E-state index contributed by atoms with van der Waals surface area (Å²) in [6, 6.07) is 0. The zero-order chi connectivity index (χ0) is 7.23. The standard InChI is InChI=1S/C8H11NO/c1-10-7-9-8-5-3-2-4-6-8/h2-5H,6-7H2,1H3. The van der Waals surface area contributed by atoms with Crippen LogP contribution in [-0.2, 0) is 4.74 Å². The van der Waals surface area contributed by atoms with Crippen LogP contribution in [0.3, 0.4) is 0 Å². The third kappa shape index (κ3) is 2.15. The molecule has 0 aliphatic heterocycles. The Kier molecular flexibility index (Phi) is 2.90. The molecule has 0 unspecified atom stereocenters. The van der Waals surface area contributed by atoms with Crippen molar-refractivity contribution in [2.75, 3.05) is 13.8 Å². The highest BCUT2D eigenvalue weighted by molar-refractivity contribution is 5.97. The van der Waals surface area contributed by atoms with E-state index >= 15 is 0 Å². The van der Waals surface area contributed by atoms with Gasteiger partial charge in [0.2, 0.25) is 0 Å². The number of rotatable bonds is 2. The fraction of sp³-hybridized carbons (Fsp3) is 0.375. The minimum atomic E-state index is 0.466. The van der Waals surface area contributed by atoms with E-state index in [4.69, 9.17) is 4.74 Å². The maximum Gasteiger partial charge on any atom is 0.137 e. The summed E-state index contributed by atoms with van der Waals surface area (Å²) in [5.41, 5.74) is 1.09. The lowest BCUT2D eigenvalue weighted by molar-refractivity contribution is 0.209. The Morgan fingerprint density at radius 1 is 1.60 bits per heavy atom. The Morgan fingerprint density at radius 3 is 3.10 bits per heavy atom. The molecule has 0 saturated carbocycles. The van der Waals surface area contributed by atoms with Gasteiger partial charge in [0, 0.05) is 19.2 Å². The highest BCUT2D eigenvalue weighted by Gasteiger charge is 1.92. The third-order valence-electron chi connectivity index (χ3n) is 1.26. The van der Waals surface area contributed by atoms with Crippen LogP contribution in [0.2, 0.25) is 0 Å². The Morgan fingerprint density at radius 2 is 2.50 bits per heavy atom. The van der Waals surface area contributed by atoms with Gasteiger partial charge in [-0.15, -0.1) is 0 Å². The minimum absolute atomic E-state index is 0.466. The van der Waals surface area contributed by atoms with Gasteiger partial charge in [-0.2, -0.15) is 0 Å². The molecule has 0 aromatic carbocycles. The lowest BCUT2D eigenvalue weighted by atomic mass is 10.2. The number of hydrogen-bond acceptors (Lipinski definition) is 2. The van der Waals surface area contributed by atoms with E-state index < -0.39 is 0 Å². The lowest BCUT2D eigenvalue weighted by Crippen LogP contribution is -1.96. The molecule has 0 saturated heterocycles. The summed E-state index contributed by atoms with van der Waals surface area (Å²) in [5.74, 6) is 0. The molecular weight excluding hydrogens is 126 g/mol. The molecule has 1 rings (SSSR count). The summed E-state index contributed by atoms with van der Waals surface area (Å²) >= 11 is 0. The van der Waals surface area contributed by atoms with Gasteiger partial charge in [-0.25, -0.2) is 0 Å². The van der Waals surface area contributed by atoms with Crippen molar-refractivity contribution in [2.45, 2.75) is 6.42 Å². The van der Waals surface area contributed by atoms with Crippen LogP contribution < -0.4 is 0 Å². The highest BCUT2D eigenvalue weighted by Crippen LogP contribution is 1.98. The van der Waals surface area contributed by atoms with Crippen molar-refractivity contribution in [1.82, 2.24) is 0 Å². The zero-order valence-electron chi connectivity index (χ0n) is 6.08. The molecule has 54 valence electrons. The normalized spacial score (nSPS) is 20.3. The summed E-state index contributed by atoms with van der Waals surface area (Å²) < 4.78 is 4.80. The molecule has 2 heteroatoms. The quantitative estimate of drug-likeness (QED) is 0.565. The summed E-state index contributed by atoms with van der Waals surface area (Å²) in [6.07, 6.45) is 9.01. The minimum Gasteiger partial charge on any atom is -0.363 e. The van der Waals surface area contributed by atoms with E-state index in [0.29, 0.717) is 6.73 Å². The van der Waals surface area contributed by atoms with Crippen molar-refractivity contribution < 1.29 is 4.74 Å². The van der Waals surface area contributed by atoms with Crippen LogP contribution in [0.5, 0.6) is 0 Å². The van der Waals surface area contributed by atoms with Crippen molar-refractivity contribution in [1.29, 1.82) is 0 Å². The van der Waals surface area contributed by atoms with Crippen molar-refractivity contribution in [3.63, 3.8) is 0 Å². The Balaban J connectivity index is 2.42. The van der Waals surface area contributed by atoms with Gasteiger partial charge >= 0.3 is 0 Å². The number of nitrogens with zero attached hydrogens (tertiary/aromatic N) is 1. The third-order valence-corrected chi connectivity index (χ3v) is 1.26. The predicted molar refractivity (Wildman–Crippen MR) is 42.2 cm³/mol. The molecule has 0 radical (unpaired) electrons. The van der Waals surface area contributed by atoms with E-state index in [0.717, 1.165) is 12.1 Å². The second kappa shape index (κ2) is 4.01. The monoisotopic (exact) mass is 137 g/mol. The smallest absolute Gasteiger partial charge is 0.137 e. The molecule has 0 amide bonds. The first-order valence-corrected chi connectivity index (χ1v) is 3.29. The first-order chi connectivity index (χ1) is 4.93. The van der Waals surface area contributed by atoms with Gasteiger partial charge in [0.25, 0.3) is 0 Å². The van der Waals surface area contributed by atoms with Crippen LogP contribution in [0.4, 0.5) is 0 Å². The molecule has 10 heavy (non-hydrogen) atoms. The molecule has 0 aromatic heterocycles. The van der Waals surface area contributed by atoms with Gasteiger partial charge in [0.1, 0.15) is 6.73 Å². The van der Waals surface area contributed by atoms with E-state index in [1.54, 1.807) is 7.11 Å². The number of allylic oxidation sites excluding steroid dienone is 4. The summed E-state index contributed by atoms with van der Waals surface area (Å²) in [4.78, 5) is 4.16. The van der Waals surface area contributed by atoms with Gasteiger partial charge in [0.05, 0.1) is 0 Å². The van der Waals surface area contributed by atoms with E-state index in [9.17, 15) is 0 Å². The topological polar surface area (TPSA) is 21.6 Å². The highest BCUT2D eigenvalue weighted by atomic mass is 16.5. The number of ether oxygens (including phenoxy) is 1. The molecule has 0 atom stereocenters. The molecule has 0 spiro atoms. The molecule has 0 heterocycles. The van der Waals surface area contributed by atoms with Gasteiger partial charge in [-0.05, 0) is 6.08 Å². The first kappa shape index (κ1) is 7.22. The molecule has 0 aromatic rings. The molecule has 2 nitrogen and oxygen atoms in total. The first-order valence-electron chi connectivity index (χ1n) is 3.29. The van der Waals surface area contributed by atoms with E-state index in [-0.39, 0.29) is 0 Å². The van der Waals surface area contributed by atoms with Crippen molar-refractivity contribution in [3.8, 4) is 0 Å².